The van der Waals surface area contributed by atoms with E-state index in [4.69, 9.17) is 17.0 Å². The van der Waals surface area contributed by atoms with Crippen molar-refractivity contribution in [3.05, 3.63) is 54.6 Å². The second-order valence-electron chi connectivity index (χ2n) is 6.69. The molecule has 2 aromatic carbocycles. The standard InChI is InChI=1S/C21H25N3O2S/c1-16-7-5-6-14-24(16)18-12-10-17(11-13-18)22-21(27)23-20(25)15-26-19-8-3-2-4-9-19/h2-4,8-13,16H,5-7,14-15H2,1H3,(H2,22,23,25,27)/t16-/m0/s1. The molecule has 5 nitrogen and oxygen atoms in total. The Balaban J connectivity index is 1.46. The molecule has 1 heterocycles. The highest BCUT2D eigenvalue weighted by Crippen LogP contribution is 2.25. The van der Waals surface area contributed by atoms with Gasteiger partial charge in [0.1, 0.15) is 5.75 Å². The van der Waals surface area contributed by atoms with Crippen molar-refractivity contribution in [1.82, 2.24) is 5.32 Å². The van der Waals surface area contributed by atoms with E-state index < -0.39 is 0 Å². The Morgan fingerprint density at radius 1 is 1.15 bits per heavy atom. The average molecular weight is 384 g/mol. The number of para-hydroxylation sites is 1. The minimum Gasteiger partial charge on any atom is -0.484 e. The number of hydrogen-bond donors (Lipinski definition) is 2. The molecule has 0 radical (unpaired) electrons. The molecule has 1 fully saturated rings. The van der Waals surface area contributed by atoms with E-state index in [-0.39, 0.29) is 17.6 Å². The summed E-state index contributed by atoms with van der Waals surface area (Å²) < 4.78 is 5.41. The van der Waals surface area contributed by atoms with Gasteiger partial charge in [0, 0.05) is 24.0 Å². The Labute approximate surface area is 165 Å². The zero-order valence-corrected chi connectivity index (χ0v) is 16.3. The number of rotatable bonds is 5. The monoisotopic (exact) mass is 383 g/mol. The largest absolute Gasteiger partial charge is 0.484 e. The van der Waals surface area contributed by atoms with Crippen molar-refractivity contribution in [2.75, 3.05) is 23.4 Å². The van der Waals surface area contributed by atoms with Crippen LogP contribution in [0.1, 0.15) is 26.2 Å². The Morgan fingerprint density at radius 2 is 1.89 bits per heavy atom. The van der Waals surface area contributed by atoms with Gasteiger partial charge in [0.05, 0.1) is 0 Å². The molecule has 0 aromatic heterocycles. The summed E-state index contributed by atoms with van der Waals surface area (Å²) in [5.41, 5.74) is 2.07. The van der Waals surface area contributed by atoms with E-state index in [1.807, 2.05) is 30.3 Å². The SMILES string of the molecule is C[C@H]1CCCCN1c1ccc(NC(=S)NC(=O)COc2ccccc2)cc1. The molecule has 27 heavy (non-hydrogen) atoms. The Kier molecular flexibility index (Phi) is 6.65. The first-order valence-electron chi connectivity index (χ1n) is 9.27. The van der Waals surface area contributed by atoms with E-state index in [1.165, 1.54) is 24.9 Å². The highest BCUT2D eigenvalue weighted by Gasteiger charge is 2.18. The van der Waals surface area contributed by atoms with Crippen LogP contribution in [0.4, 0.5) is 11.4 Å². The van der Waals surface area contributed by atoms with Crippen molar-refractivity contribution < 1.29 is 9.53 Å². The molecule has 1 atom stereocenters. The van der Waals surface area contributed by atoms with Crippen LogP contribution in [0.25, 0.3) is 0 Å². The molecule has 2 N–H and O–H groups in total. The number of thiocarbonyl (C=S) groups is 1. The lowest BCUT2D eigenvalue weighted by molar-refractivity contribution is -0.121. The van der Waals surface area contributed by atoms with Gasteiger partial charge in [0.15, 0.2) is 11.7 Å². The maximum Gasteiger partial charge on any atom is 0.264 e. The van der Waals surface area contributed by atoms with Crippen LogP contribution >= 0.6 is 12.2 Å². The Bertz CT molecular complexity index is 765. The molecular weight excluding hydrogens is 358 g/mol. The highest BCUT2D eigenvalue weighted by atomic mass is 32.1. The fourth-order valence-electron chi connectivity index (χ4n) is 3.21. The van der Waals surface area contributed by atoms with Gasteiger partial charge in [-0.15, -0.1) is 0 Å². The molecule has 6 heteroatoms. The molecule has 1 amide bonds. The van der Waals surface area contributed by atoms with E-state index in [1.54, 1.807) is 12.1 Å². The van der Waals surface area contributed by atoms with Crippen molar-refractivity contribution in [1.29, 1.82) is 0 Å². The number of benzene rings is 2. The number of hydrogen-bond acceptors (Lipinski definition) is 4. The van der Waals surface area contributed by atoms with E-state index in [9.17, 15) is 4.79 Å². The van der Waals surface area contributed by atoms with Crippen molar-refractivity contribution in [2.24, 2.45) is 0 Å². The van der Waals surface area contributed by atoms with Gasteiger partial charge >= 0.3 is 0 Å². The number of piperidine rings is 1. The summed E-state index contributed by atoms with van der Waals surface area (Å²) in [7, 11) is 0. The molecular formula is C21H25N3O2S. The second kappa shape index (κ2) is 9.37. The van der Waals surface area contributed by atoms with Gasteiger partial charge in [-0.25, -0.2) is 0 Å². The maximum atomic E-state index is 11.9. The summed E-state index contributed by atoms with van der Waals surface area (Å²) in [6, 6.07) is 17.9. The molecule has 0 spiro atoms. The molecule has 1 aliphatic rings. The fraction of sp³-hybridized carbons (Fsp3) is 0.333. The average Bonchev–Trinajstić information content (AvgIpc) is 2.68. The van der Waals surface area contributed by atoms with Gasteiger partial charge in [-0.2, -0.15) is 0 Å². The predicted octanol–water partition coefficient (Wildman–Crippen LogP) is 3.96. The summed E-state index contributed by atoms with van der Waals surface area (Å²) in [5, 5.41) is 5.93. The molecule has 142 valence electrons. The normalized spacial score (nSPS) is 16.5. The van der Waals surface area contributed by atoms with E-state index in [0.717, 1.165) is 12.2 Å². The molecule has 2 aromatic rings. The van der Waals surface area contributed by atoms with Gasteiger partial charge in [-0.05, 0) is 74.8 Å². The third-order valence-corrected chi connectivity index (χ3v) is 4.83. The van der Waals surface area contributed by atoms with Crippen molar-refractivity contribution >= 4 is 34.6 Å². The molecule has 1 aliphatic heterocycles. The molecule has 0 aliphatic carbocycles. The van der Waals surface area contributed by atoms with Crippen LogP contribution < -0.4 is 20.3 Å². The number of nitrogens with zero attached hydrogens (tertiary/aromatic N) is 1. The summed E-state index contributed by atoms with van der Waals surface area (Å²) in [6.45, 7) is 3.29. The number of carbonyl (C=O) groups is 1. The first-order chi connectivity index (χ1) is 13.1. The van der Waals surface area contributed by atoms with Crippen LogP contribution in [0.15, 0.2) is 54.6 Å². The third kappa shape index (κ3) is 5.69. The topological polar surface area (TPSA) is 53.6 Å². The highest BCUT2D eigenvalue weighted by molar-refractivity contribution is 7.80. The number of anilines is 2. The molecule has 0 unspecified atom stereocenters. The zero-order valence-electron chi connectivity index (χ0n) is 15.5. The number of amides is 1. The van der Waals surface area contributed by atoms with E-state index in [0.29, 0.717) is 11.8 Å². The van der Waals surface area contributed by atoms with Gasteiger partial charge < -0.3 is 15.0 Å². The number of ether oxygens (including phenoxy) is 1. The minimum absolute atomic E-state index is 0.0857. The first-order valence-corrected chi connectivity index (χ1v) is 9.68. The van der Waals surface area contributed by atoms with Crippen LogP contribution in [0.5, 0.6) is 5.75 Å². The second-order valence-corrected chi connectivity index (χ2v) is 7.10. The van der Waals surface area contributed by atoms with Gasteiger partial charge in [0.2, 0.25) is 0 Å². The lowest BCUT2D eigenvalue weighted by Crippen LogP contribution is -2.37. The van der Waals surface area contributed by atoms with Gasteiger partial charge in [0.25, 0.3) is 5.91 Å². The summed E-state index contributed by atoms with van der Waals surface area (Å²) in [4.78, 5) is 14.4. The van der Waals surface area contributed by atoms with Crippen molar-refractivity contribution in [3.63, 3.8) is 0 Å². The van der Waals surface area contributed by atoms with E-state index in [2.05, 4.69) is 34.6 Å². The first kappa shape index (κ1) is 19.2. The minimum atomic E-state index is -0.296. The van der Waals surface area contributed by atoms with Crippen LogP contribution in [0, 0.1) is 0 Å². The quantitative estimate of drug-likeness (QED) is 0.766. The Hall–Kier alpha value is -2.60. The smallest absolute Gasteiger partial charge is 0.264 e. The lowest BCUT2D eigenvalue weighted by Gasteiger charge is -2.35. The van der Waals surface area contributed by atoms with Crippen molar-refractivity contribution in [3.8, 4) is 5.75 Å². The van der Waals surface area contributed by atoms with Crippen LogP contribution in [-0.4, -0.2) is 30.2 Å². The molecule has 3 rings (SSSR count). The zero-order chi connectivity index (χ0) is 19.1. The van der Waals surface area contributed by atoms with Crippen LogP contribution in [0.3, 0.4) is 0 Å². The summed E-state index contributed by atoms with van der Waals surface area (Å²) >= 11 is 5.21. The molecule has 0 saturated carbocycles. The fourth-order valence-corrected chi connectivity index (χ4v) is 3.44. The molecule has 1 saturated heterocycles. The van der Waals surface area contributed by atoms with Gasteiger partial charge in [-0.1, -0.05) is 18.2 Å². The van der Waals surface area contributed by atoms with Crippen LogP contribution in [0.2, 0.25) is 0 Å². The lowest BCUT2D eigenvalue weighted by atomic mass is 10.0. The predicted molar refractivity (Wildman–Crippen MR) is 113 cm³/mol. The summed E-state index contributed by atoms with van der Waals surface area (Å²) in [5.74, 6) is 0.351. The number of carbonyl (C=O) groups excluding carboxylic acids is 1. The van der Waals surface area contributed by atoms with Gasteiger partial charge in [-0.3, -0.25) is 10.1 Å². The maximum absolute atomic E-state index is 11.9. The third-order valence-electron chi connectivity index (χ3n) is 4.63. The van der Waals surface area contributed by atoms with E-state index >= 15 is 0 Å². The van der Waals surface area contributed by atoms with Crippen LogP contribution in [-0.2, 0) is 4.79 Å². The van der Waals surface area contributed by atoms with Crippen molar-refractivity contribution in [2.45, 2.75) is 32.2 Å². The molecule has 0 bridgehead atoms. The number of nitrogens with one attached hydrogen (secondary N) is 2. The Morgan fingerprint density at radius 3 is 2.59 bits per heavy atom. The summed E-state index contributed by atoms with van der Waals surface area (Å²) in [6.07, 6.45) is 3.78.